The zero-order chi connectivity index (χ0) is 38.6. The smallest absolute Gasteiger partial charge is 0.0385 e. The summed E-state index contributed by atoms with van der Waals surface area (Å²) in [6, 6.07) is 0. The van der Waals surface area contributed by atoms with Crippen LogP contribution >= 0.6 is 0 Å². The highest BCUT2D eigenvalue weighted by atomic mass is 14.1. The SMILES string of the molecule is CC.CC.CC.CC(C)(C)C.CC(C)C.CC1CCCC1.CCC.CCC.CCC(C)(C)C.CCC(C)(C)C.CCC(C)C. The van der Waals surface area contributed by atoms with Gasteiger partial charge in [-0.1, -0.05) is 259 Å². The lowest BCUT2D eigenvalue weighted by molar-refractivity contribution is 0.397. The zero-order valence-corrected chi connectivity index (χ0v) is 38.6. The summed E-state index contributed by atoms with van der Waals surface area (Å²) in [6.45, 7) is 62.6. The highest BCUT2D eigenvalue weighted by Gasteiger charge is 2.07. The first-order valence-electron chi connectivity index (χ1n) is 19.8. The van der Waals surface area contributed by atoms with Gasteiger partial charge in [0.2, 0.25) is 0 Å². The maximum Gasteiger partial charge on any atom is -0.0385 e. The predicted octanol–water partition coefficient (Wildman–Crippen LogP) is 18.8. The molecule has 0 amide bonds. The van der Waals surface area contributed by atoms with Crippen molar-refractivity contribution in [1.29, 1.82) is 0 Å². The van der Waals surface area contributed by atoms with Crippen LogP contribution in [0.15, 0.2) is 0 Å². The van der Waals surface area contributed by atoms with E-state index in [1.165, 1.54) is 57.8 Å². The Bertz CT molecular complexity index is 309. The van der Waals surface area contributed by atoms with Crippen molar-refractivity contribution in [2.75, 3.05) is 0 Å². The number of hydrogen-bond acceptors (Lipinski definition) is 0. The van der Waals surface area contributed by atoms with Crippen LogP contribution in [0, 0.1) is 34.0 Å². The van der Waals surface area contributed by atoms with E-state index >= 15 is 0 Å². The van der Waals surface area contributed by atoms with Crippen LogP contribution in [0.25, 0.3) is 0 Å². The average molecular weight is 637 g/mol. The minimum atomic E-state index is 0.500. The van der Waals surface area contributed by atoms with E-state index in [9.17, 15) is 0 Å². The molecule has 0 aromatic carbocycles. The molecule has 0 heterocycles. The second-order valence-corrected chi connectivity index (χ2v) is 16.2. The van der Waals surface area contributed by atoms with E-state index in [1.54, 1.807) is 0 Å². The third kappa shape index (κ3) is 314. The summed E-state index contributed by atoms with van der Waals surface area (Å²) in [5.74, 6) is 2.76. The van der Waals surface area contributed by atoms with Crippen molar-refractivity contribution in [3.63, 3.8) is 0 Å². The van der Waals surface area contributed by atoms with Crippen LogP contribution in [-0.4, -0.2) is 0 Å². The van der Waals surface area contributed by atoms with Crippen LogP contribution in [0.3, 0.4) is 0 Å². The molecule has 0 bridgehead atoms. The largest absolute Gasteiger partial charge is 0.0683 e. The molecule has 1 saturated carbocycles. The maximum absolute atomic E-state index is 2.34. The van der Waals surface area contributed by atoms with Crippen molar-refractivity contribution in [2.24, 2.45) is 34.0 Å². The molecule has 0 aromatic heterocycles. The molecule has 0 aliphatic heterocycles. The molecular weight excluding hydrogens is 528 g/mol. The van der Waals surface area contributed by atoms with Crippen LogP contribution in [0.1, 0.15) is 259 Å². The lowest BCUT2D eigenvalue weighted by atomic mass is 9.94. The number of hydrogen-bond donors (Lipinski definition) is 0. The van der Waals surface area contributed by atoms with Crippen molar-refractivity contribution in [1.82, 2.24) is 0 Å². The molecule has 0 unspecified atom stereocenters. The first-order valence-corrected chi connectivity index (χ1v) is 19.8. The number of rotatable bonds is 1. The molecule has 0 saturated heterocycles. The monoisotopic (exact) mass is 637 g/mol. The van der Waals surface area contributed by atoms with E-state index in [4.69, 9.17) is 0 Å². The van der Waals surface area contributed by atoms with Crippen molar-refractivity contribution < 1.29 is 0 Å². The Balaban J connectivity index is -0.0000000370. The molecule has 284 valence electrons. The highest BCUT2D eigenvalue weighted by molar-refractivity contribution is 4.60. The molecule has 0 N–H and O–H groups in total. The zero-order valence-electron chi connectivity index (χ0n) is 38.6. The molecule has 0 heteroatoms. The fourth-order valence-corrected chi connectivity index (χ4v) is 1.13. The maximum atomic E-state index is 2.34. The molecule has 44 heavy (non-hydrogen) atoms. The summed E-state index contributed by atoms with van der Waals surface area (Å²) >= 11 is 0. The van der Waals surface area contributed by atoms with Crippen molar-refractivity contribution in [2.45, 2.75) is 259 Å². The fourth-order valence-electron chi connectivity index (χ4n) is 1.13. The third-order valence-corrected chi connectivity index (χ3v) is 4.58. The van der Waals surface area contributed by atoms with Crippen molar-refractivity contribution >= 4 is 0 Å². The summed E-state index contributed by atoms with van der Waals surface area (Å²) in [5.41, 5.74) is 1.58. The Labute approximate surface area is 291 Å². The quantitative estimate of drug-likeness (QED) is 0.268. The molecule has 1 fully saturated rings. The summed E-state index contributed by atoms with van der Waals surface area (Å²) in [7, 11) is 0. The molecule has 1 rings (SSSR count). The van der Waals surface area contributed by atoms with Gasteiger partial charge in [0.1, 0.15) is 0 Å². The van der Waals surface area contributed by atoms with Gasteiger partial charge in [-0.15, -0.1) is 0 Å². The van der Waals surface area contributed by atoms with Gasteiger partial charge in [0.25, 0.3) is 0 Å². The molecule has 0 radical (unpaired) electrons. The van der Waals surface area contributed by atoms with E-state index in [2.05, 4.69) is 159 Å². The second kappa shape index (κ2) is 58.5. The van der Waals surface area contributed by atoms with E-state index in [1.807, 2.05) is 41.5 Å². The van der Waals surface area contributed by atoms with E-state index in [-0.39, 0.29) is 0 Å². The van der Waals surface area contributed by atoms with Gasteiger partial charge in [-0.25, -0.2) is 0 Å². The predicted molar refractivity (Wildman–Crippen MR) is 224 cm³/mol. The van der Waals surface area contributed by atoms with Crippen LogP contribution in [0.4, 0.5) is 0 Å². The van der Waals surface area contributed by atoms with Gasteiger partial charge in [-0.3, -0.25) is 0 Å². The first kappa shape index (κ1) is 70.4. The van der Waals surface area contributed by atoms with Crippen LogP contribution in [-0.2, 0) is 0 Å². The molecule has 0 spiro atoms. The van der Waals surface area contributed by atoms with Gasteiger partial charge in [-0.2, -0.15) is 0 Å². The summed E-state index contributed by atoms with van der Waals surface area (Å²) in [4.78, 5) is 0. The molecule has 1 aliphatic rings. The van der Waals surface area contributed by atoms with E-state index < -0.39 is 0 Å². The van der Waals surface area contributed by atoms with Crippen LogP contribution < -0.4 is 0 Å². The van der Waals surface area contributed by atoms with Gasteiger partial charge in [0, 0.05) is 0 Å². The van der Waals surface area contributed by atoms with Gasteiger partial charge in [0.05, 0.1) is 0 Å². The van der Waals surface area contributed by atoms with Crippen molar-refractivity contribution in [3.8, 4) is 0 Å². The Morgan fingerprint density at radius 3 is 0.614 bits per heavy atom. The van der Waals surface area contributed by atoms with Gasteiger partial charge >= 0.3 is 0 Å². The van der Waals surface area contributed by atoms with Gasteiger partial charge < -0.3 is 0 Å². The molecule has 0 atom stereocenters. The molecular formula is C44H108. The summed E-state index contributed by atoms with van der Waals surface area (Å²) in [6.07, 6.45) is 12.3. The summed E-state index contributed by atoms with van der Waals surface area (Å²) < 4.78 is 0. The second-order valence-electron chi connectivity index (χ2n) is 16.2. The van der Waals surface area contributed by atoms with Crippen LogP contribution in [0.2, 0.25) is 0 Å². The standard InChI is InChI=1S/C6H12.2C6H14.2C5H12.C4H10.2C3H8.3C2H6/c1-6-4-2-3-5-6;2*1-5-6(2,3)4;1-5(2,3)4;1-4-5(2)3;1-4(2)3;2*1-3-2;3*1-2/h6H,2-5H2,1H3;2*5H2,1-4H3;1-4H3;5H,4H2,1-3H3;4H,1-3H3;2*3H2,1-2H3;3*1-2H3. The van der Waals surface area contributed by atoms with Gasteiger partial charge in [0.15, 0.2) is 0 Å². The minimum absolute atomic E-state index is 0.500. The topological polar surface area (TPSA) is 0 Å². The van der Waals surface area contributed by atoms with Gasteiger partial charge in [-0.05, 0) is 34.0 Å². The molecule has 0 nitrogen and oxygen atoms in total. The fraction of sp³-hybridized carbons (Fsp3) is 1.00. The Kier molecular flexibility index (Phi) is 93.6. The lowest BCUT2D eigenvalue weighted by Gasteiger charge is -2.12. The normalized spacial score (nSPS) is 11.2. The Morgan fingerprint density at radius 2 is 0.591 bits per heavy atom. The van der Waals surface area contributed by atoms with Crippen molar-refractivity contribution in [3.05, 3.63) is 0 Å². The van der Waals surface area contributed by atoms with E-state index in [0.29, 0.717) is 16.2 Å². The first-order chi connectivity index (χ1) is 19.8. The molecule has 0 aromatic rings. The Morgan fingerprint density at radius 1 is 0.477 bits per heavy atom. The van der Waals surface area contributed by atoms with E-state index in [0.717, 1.165) is 17.8 Å². The minimum Gasteiger partial charge on any atom is -0.0683 e. The highest BCUT2D eigenvalue weighted by Crippen LogP contribution is 2.23. The third-order valence-electron chi connectivity index (χ3n) is 4.58. The lowest BCUT2D eigenvalue weighted by Crippen LogP contribution is -2.00. The average Bonchev–Trinajstić information content (AvgIpc) is 3.38. The molecule has 1 aliphatic carbocycles. The summed E-state index contributed by atoms with van der Waals surface area (Å²) in [5, 5.41) is 0. The van der Waals surface area contributed by atoms with Crippen LogP contribution in [0.5, 0.6) is 0 Å². The Hall–Kier alpha value is 0.